The summed E-state index contributed by atoms with van der Waals surface area (Å²) in [4.78, 5) is 12.1. The predicted octanol–water partition coefficient (Wildman–Crippen LogP) is -2.64. The molecule has 0 aromatic heterocycles. The average Bonchev–Trinajstić information content (AvgIpc) is 2.78. The molecule has 2 aliphatic carbocycles. The topological polar surface area (TPSA) is 104 Å². The van der Waals surface area contributed by atoms with Gasteiger partial charge < -0.3 is 14.4 Å². The standard InChI is InChI=1S/C13H20O6S2.Na/c1-7-6-8-2-3-9-13(8,15)10(12(14)19-9)11(7)20-4-5-21(16,17)18;/h7-11,15H,2-6H2,1H3,(H,16,17,18);/q;+1/p-1/t7-,8+,9+,10?,11+,13+;/m0./s1. The van der Waals surface area contributed by atoms with Crippen molar-refractivity contribution in [3.8, 4) is 0 Å². The van der Waals surface area contributed by atoms with Crippen molar-refractivity contribution in [1.82, 2.24) is 0 Å². The van der Waals surface area contributed by atoms with Crippen LogP contribution in [-0.4, -0.2) is 52.5 Å². The molecule has 120 valence electrons. The Kier molecular flexibility index (Phi) is 5.65. The van der Waals surface area contributed by atoms with Crippen LogP contribution in [0.1, 0.15) is 26.2 Å². The molecule has 3 rings (SSSR count). The summed E-state index contributed by atoms with van der Waals surface area (Å²) in [5.41, 5.74) is -1.10. The van der Waals surface area contributed by atoms with E-state index in [0.717, 1.165) is 12.8 Å². The van der Waals surface area contributed by atoms with Crippen molar-refractivity contribution in [1.29, 1.82) is 0 Å². The van der Waals surface area contributed by atoms with Crippen LogP contribution in [0.15, 0.2) is 0 Å². The monoisotopic (exact) mass is 358 g/mol. The van der Waals surface area contributed by atoms with Crippen LogP contribution >= 0.6 is 11.8 Å². The molecule has 1 saturated heterocycles. The van der Waals surface area contributed by atoms with E-state index in [2.05, 4.69) is 0 Å². The van der Waals surface area contributed by atoms with E-state index in [9.17, 15) is 22.9 Å². The van der Waals surface area contributed by atoms with Crippen molar-refractivity contribution in [2.24, 2.45) is 17.8 Å². The largest absolute Gasteiger partial charge is 1.00 e. The van der Waals surface area contributed by atoms with E-state index in [1.165, 1.54) is 11.8 Å². The summed E-state index contributed by atoms with van der Waals surface area (Å²) >= 11 is 1.30. The maximum absolute atomic E-state index is 12.1. The molecule has 22 heavy (non-hydrogen) atoms. The van der Waals surface area contributed by atoms with Crippen molar-refractivity contribution in [2.45, 2.75) is 43.1 Å². The molecule has 6 atom stereocenters. The number of thioether (sulfide) groups is 1. The Hall–Kier alpha value is 0.690. The summed E-state index contributed by atoms with van der Waals surface area (Å²) in [6.07, 6.45) is 1.95. The minimum absolute atomic E-state index is 0. The summed E-state index contributed by atoms with van der Waals surface area (Å²) < 4.78 is 37.5. The SMILES string of the molecule is C[C@H]1C[C@H]2CC[C@H]3OC(=O)C([C@@H]1SCCS(=O)(=O)[O-])[C@@]23O.[Na+]. The number of aliphatic hydroxyl groups is 1. The molecule has 3 fully saturated rings. The summed E-state index contributed by atoms with van der Waals surface area (Å²) in [5, 5.41) is 10.8. The Bertz CT molecular complexity index is 553. The van der Waals surface area contributed by atoms with Crippen molar-refractivity contribution < 1.29 is 57.2 Å². The normalized spacial score (nSPS) is 43.4. The van der Waals surface area contributed by atoms with Crippen LogP contribution in [0.3, 0.4) is 0 Å². The summed E-state index contributed by atoms with van der Waals surface area (Å²) in [6, 6.07) is 0. The number of hydrogen-bond donors (Lipinski definition) is 1. The van der Waals surface area contributed by atoms with Crippen LogP contribution in [0.2, 0.25) is 0 Å². The number of esters is 1. The minimum Gasteiger partial charge on any atom is -0.748 e. The van der Waals surface area contributed by atoms with Gasteiger partial charge in [-0.3, -0.25) is 4.79 Å². The van der Waals surface area contributed by atoms with E-state index in [0.29, 0.717) is 6.42 Å². The maximum Gasteiger partial charge on any atom is 1.00 e. The van der Waals surface area contributed by atoms with Gasteiger partial charge in [0.1, 0.15) is 17.6 Å². The molecule has 0 aromatic carbocycles. The number of rotatable bonds is 4. The molecular formula is C13H19NaO6S2. The Balaban J connectivity index is 0.00000176. The van der Waals surface area contributed by atoms with Gasteiger partial charge in [0.2, 0.25) is 0 Å². The van der Waals surface area contributed by atoms with E-state index in [-0.39, 0.29) is 58.4 Å². The average molecular weight is 358 g/mol. The molecule has 0 amide bonds. The van der Waals surface area contributed by atoms with Crippen molar-refractivity contribution in [2.75, 3.05) is 11.5 Å². The van der Waals surface area contributed by atoms with Crippen LogP contribution in [0.25, 0.3) is 0 Å². The first-order valence-electron chi connectivity index (χ1n) is 7.21. The van der Waals surface area contributed by atoms with Gasteiger partial charge in [-0.05, 0) is 31.1 Å². The molecule has 3 aliphatic rings. The second-order valence-corrected chi connectivity index (χ2v) is 9.18. The Morgan fingerprint density at radius 3 is 2.77 bits per heavy atom. The summed E-state index contributed by atoms with van der Waals surface area (Å²) in [6.45, 7) is 2.02. The van der Waals surface area contributed by atoms with Gasteiger partial charge in [0.05, 0.1) is 10.1 Å². The quantitative estimate of drug-likeness (QED) is 0.333. The first-order valence-corrected chi connectivity index (χ1v) is 9.84. The maximum atomic E-state index is 12.1. The van der Waals surface area contributed by atoms with Crippen LogP contribution < -0.4 is 29.6 Å². The number of carbonyl (C=O) groups is 1. The van der Waals surface area contributed by atoms with Crippen LogP contribution in [-0.2, 0) is 19.6 Å². The Morgan fingerprint density at radius 2 is 2.14 bits per heavy atom. The molecule has 1 unspecified atom stereocenters. The van der Waals surface area contributed by atoms with E-state index in [1.54, 1.807) is 0 Å². The first-order chi connectivity index (χ1) is 9.73. The summed E-state index contributed by atoms with van der Waals surface area (Å²) in [5.74, 6) is -1.01. The van der Waals surface area contributed by atoms with E-state index in [4.69, 9.17) is 4.74 Å². The molecule has 0 aromatic rings. The predicted molar refractivity (Wildman–Crippen MR) is 75.6 cm³/mol. The minimum atomic E-state index is -4.25. The molecule has 1 N–H and O–H groups in total. The third-order valence-corrected chi connectivity index (χ3v) is 7.67. The number of carbonyl (C=O) groups excluding carboxylic acids is 1. The van der Waals surface area contributed by atoms with Crippen molar-refractivity contribution in [3.05, 3.63) is 0 Å². The van der Waals surface area contributed by atoms with Crippen LogP contribution in [0.5, 0.6) is 0 Å². The van der Waals surface area contributed by atoms with Crippen LogP contribution in [0.4, 0.5) is 0 Å². The molecule has 1 aliphatic heterocycles. The molecule has 6 nitrogen and oxygen atoms in total. The Labute approximate surface area is 156 Å². The van der Waals surface area contributed by atoms with Gasteiger partial charge in [-0.1, -0.05) is 6.92 Å². The fourth-order valence-electron chi connectivity index (χ4n) is 4.25. The third kappa shape index (κ3) is 3.12. The fraction of sp³-hybridized carbons (Fsp3) is 0.923. The molecular weight excluding hydrogens is 339 g/mol. The first kappa shape index (κ1) is 19.0. The zero-order valence-electron chi connectivity index (χ0n) is 12.7. The molecule has 0 radical (unpaired) electrons. The van der Waals surface area contributed by atoms with E-state index >= 15 is 0 Å². The molecule has 9 heteroatoms. The van der Waals surface area contributed by atoms with Gasteiger partial charge in [-0.25, -0.2) is 8.42 Å². The summed E-state index contributed by atoms with van der Waals surface area (Å²) in [7, 11) is -4.25. The van der Waals surface area contributed by atoms with Gasteiger partial charge >= 0.3 is 35.5 Å². The molecule has 0 spiro atoms. The second-order valence-electron chi connectivity index (χ2n) is 6.37. The van der Waals surface area contributed by atoms with Gasteiger partial charge in [-0.2, -0.15) is 11.8 Å². The van der Waals surface area contributed by atoms with E-state index < -0.39 is 33.5 Å². The molecule has 2 saturated carbocycles. The van der Waals surface area contributed by atoms with Crippen LogP contribution in [0, 0.1) is 17.8 Å². The van der Waals surface area contributed by atoms with Gasteiger partial charge in [0.25, 0.3) is 0 Å². The van der Waals surface area contributed by atoms with Gasteiger partial charge in [0, 0.05) is 16.8 Å². The third-order valence-electron chi connectivity index (χ3n) is 5.15. The van der Waals surface area contributed by atoms with Gasteiger partial charge in [0.15, 0.2) is 0 Å². The second kappa shape index (κ2) is 6.54. The fourth-order valence-corrected chi connectivity index (χ4v) is 6.68. The zero-order chi connectivity index (χ0) is 15.4. The Morgan fingerprint density at radius 1 is 1.45 bits per heavy atom. The van der Waals surface area contributed by atoms with Crippen molar-refractivity contribution >= 4 is 27.8 Å². The van der Waals surface area contributed by atoms with Gasteiger partial charge in [-0.15, -0.1) is 0 Å². The number of ether oxygens (including phenoxy) is 1. The smallest absolute Gasteiger partial charge is 0.748 e. The number of hydrogen-bond acceptors (Lipinski definition) is 7. The molecule has 0 bridgehead atoms. The van der Waals surface area contributed by atoms with E-state index in [1.807, 2.05) is 6.92 Å². The zero-order valence-corrected chi connectivity index (χ0v) is 16.4. The van der Waals surface area contributed by atoms with Crippen molar-refractivity contribution in [3.63, 3.8) is 0 Å². The molecule has 1 heterocycles.